The Morgan fingerprint density at radius 1 is 1.00 bits per heavy atom. The van der Waals surface area contributed by atoms with E-state index in [9.17, 15) is 9.59 Å². The molecule has 7 heteroatoms. The van der Waals surface area contributed by atoms with Crippen molar-refractivity contribution in [3.8, 4) is 0 Å². The van der Waals surface area contributed by atoms with Crippen molar-refractivity contribution in [1.29, 1.82) is 0 Å². The zero-order valence-corrected chi connectivity index (χ0v) is 16.2. The summed E-state index contributed by atoms with van der Waals surface area (Å²) in [6, 6.07) is 9.55. The van der Waals surface area contributed by atoms with E-state index in [0.717, 1.165) is 31.6 Å². The summed E-state index contributed by atoms with van der Waals surface area (Å²) in [6.45, 7) is 4.81. The topological polar surface area (TPSA) is 69.6 Å². The quantitative estimate of drug-likeness (QED) is 0.818. The highest BCUT2D eigenvalue weighted by atomic mass is 16.2. The van der Waals surface area contributed by atoms with Gasteiger partial charge in [-0.2, -0.15) is 0 Å². The number of anilines is 2. The van der Waals surface area contributed by atoms with Crippen LogP contribution in [-0.2, 0) is 4.79 Å². The van der Waals surface area contributed by atoms with Crippen LogP contribution in [0.25, 0.3) is 0 Å². The lowest BCUT2D eigenvalue weighted by molar-refractivity contribution is -0.120. The van der Waals surface area contributed by atoms with Crippen LogP contribution in [0.4, 0.5) is 11.6 Å². The molecule has 4 rings (SSSR count). The molecule has 0 unspecified atom stereocenters. The monoisotopic (exact) mass is 379 g/mol. The molecule has 0 radical (unpaired) electrons. The van der Waals surface area contributed by atoms with E-state index < -0.39 is 0 Å². The number of aryl methyl sites for hydroxylation is 1. The summed E-state index contributed by atoms with van der Waals surface area (Å²) in [4.78, 5) is 40.0. The predicted octanol–water partition coefficient (Wildman–Crippen LogP) is 2.26. The number of rotatable bonds is 3. The number of hydrogen-bond donors (Lipinski definition) is 0. The van der Waals surface area contributed by atoms with Gasteiger partial charge in [0.15, 0.2) is 0 Å². The molecule has 28 heavy (non-hydrogen) atoms. The lowest BCUT2D eigenvalue weighted by Gasteiger charge is -2.34. The first-order chi connectivity index (χ1) is 13.6. The van der Waals surface area contributed by atoms with Crippen LogP contribution in [0.15, 0.2) is 36.5 Å². The summed E-state index contributed by atoms with van der Waals surface area (Å²) in [6.07, 6.45) is 5.16. The van der Waals surface area contributed by atoms with Gasteiger partial charge in [-0.1, -0.05) is 18.2 Å². The van der Waals surface area contributed by atoms with E-state index in [0.29, 0.717) is 30.3 Å². The van der Waals surface area contributed by atoms with Gasteiger partial charge in [0.2, 0.25) is 11.9 Å². The third-order valence-electron chi connectivity index (χ3n) is 5.41. The highest BCUT2D eigenvalue weighted by molar-refractivity contribution is 6.02. The Bertz CT molecular complexity index is 864. The lowest BCUT2D eigenvalue weighted by atomic mass is 10.1. The van der Waals surface area contributed by atoms with Crippen molar-refractivity contribution in [1.82, 2.24) is 14.9 Å². The average molecular weight is 379 g/mol. The van der Waals surface area contributed by atoms with E-state index >= 15 is 0 Å². The Labute approximate surface area is 165 Å². The zero-order chi connectivity index (χ0) is 19.5. The molecule has 2 fully saturated rings. The highest BCUT2D eigenvalue weighted by Crippen LogP contribution is 2.20. The normalized spacial score (nSPS) is 17.8. The van der Waals surface area contributed by atoms with Crippen molar-refractivity contribution in [2.45, 2.75) is 26.2 Å². The second-order valence-electron chi connectivity index (χ2n) is 7.32. The second-order valence-corrected chi connectivity index (χ2v) is 7.32. The van der Waals surface area contributed by atoms with Gasteiger partial charge in [-0.05, 0) is 38.3 Å². The van der Waals surface area contributed by atoms with E-state index in [4.69, 9.17) is 0 Å². The number of hydrogen-bond acceptors (Lipinski definition) is 5. The van der Waals surface area contributed by atoms with Gasteiger partial charge in [0.1, 0.15) is 6.54 Å². The fourth-order valence-electron chi connectivity index (χ4n) is 3.81. The second kappa shape index (κ2) is 7.96. The van der Waals surface area contributed by atoms with Crippen LogP contribution in [-0.4, -0.2) is 59.4 Å². The van der Waals surface area contributed by atoms with E-state index in [2.05, 4.69) is 14.9 Å². The van der Waals surface area contributed by atoms with Gasteiger partial charge in [-0.15, -0.1) is 0 Å². The minimum atomic E-state index is -0.177. The van der Waals surface area contributed by atoms with Crippen LogP contribution in [0.3, 0.4) is 0 Å². The maximum Gasteiger partial charge on any atom is 0.257 e. The summed E-state index contributed by atoms with van der Waals surface area (Å²) in [7, 11) is 0. The molecule has 146 valence electrons. The largest absolute Gasteiger partial charge is 0.341 e. The van der Waals surface area contributed by atoms with Gasteiger partial charge >= 0.3 is 0 Å². The van der Waals surface area contributed by atoms with Crippen LogP contribution in [0.2, 0.25) is 0 Å². The first-order valence-corrected chi connectivity index (χ1v) is 9.87. The average Bonchev–Trinajstić information content (AvgIpc) is 2.74. The Kier molecular flexibility index (Phi) is 5.23. The van der Waals surface area contributed by atoms with Crippen LogP contribution in [0, 0.1) is 6.92 Å². The number of para-hydroxylation sites is 1. The Morgan fingerprint density at radius 2 is 1.75 bits per heavy atom. The summed E-state index contributed by atoms with van der Waals surface area (Å²) in [5.41, 5.74) is 2.00. The fraction of sp³-hybridized carbons (Fsp3) is 0.429. The van der Waals surface area contributed by atoms with Gasteiger partial charge < -0.3 is 14.7 Å². The van der Waals surface area contributed by atoms with E-state index in [1.165, 1.54) is 6.42 Å². The maximum atomic E-state index is 13.0. The SMILES string of the molecule is Cc1nc(N2CCCCC2)ncc1C(=O)N1CCN(c2ccccc2)C(=O)C1. The van der Waals surface area contributed by atoms with E-state index in [1.807, 2.05) is 37.3 Å². The van der Waals surface area contributed by atoms with Crippen molar-refractivity contribution in [2.24, 2.45) is 0 Å². The number of benzene rings is 1. The molecule has 0 spiro atoms. The number of aromatic nitrogens is 2. The summed E-state index contributed by atoms with van der Waals surface area (Å²) in [5.74, 6) is 0.441. The number of carbonyl (C=O) groups excluding carboxylic acids is 2. The minimum Gasteiger partial charge on any atom is -0.341 e. The van der Waals surface area contributed by atoms with Gasteiger partial charge in [-0.25, -0.2) is 9.97 Å². The molecule has 2 saturated heterocycles. The highest BCUT2D eigenvalue weighted by Gasteiger charge is 2.29. The van der Waals surface area contributed by atoms with Gasteiger partial charge in [0, 0.05) is 38.1 Å². The number of piperazine rings is 1. The summed E-state index contributed by atoms with van der Waals surface area (Å²) in [5, 5.41) is 0. The van der Waals surface area contributed by atoms with Gasteiger partial charge in [-0.3, -0.25) is 9.59 Å². The molecule has 0 N–H and O–H groups in total. The van der Waals surface area contributed by atoms with Crippen LogP contribution >= 0.6 is 0 Å². The number of nitrogens with zero attached hydrogens (tertiary/aromatic N) is 5. The summed E-state index contributed by atoms with van der Waals surface area (Å²) < 4.78 is 0. The standard InChI is InChI=1S/C21H25N5O2/c1-16-18(14-22-21(23-16)24-10-6-3-7-11-24)20(28)25-12-13-26(19(27)15-25)17-8-4-2-5-9-17/h2,4-5,8-9,14H,3,6-7,10-13,15H2,1H3. The molecule has 1 aromatic heterocycles. The Morgan fingerprint density at radius 3 is 2.43 bits per heavy atom. The summed E-state index contributed by atoms with van der Waals surface area (Å²) >= 11 is 0. The third-order valence-corrected chi connectivity index (χ3v) is 5.41. The number of piperidine rings is 1. The van der Waals surface area contributed by atoms with Gasteiger partial charge in [0.25, 0.3) is 5.91 Å². The smallest absolute Gasteiger partial charge is 0.257 e. The molecule has 2 amide bonds. The van der Waals surface area contributed by atoms with Crippen LogP contribution in [0.5, 0.6) is 0 Å². The first kappa shape index (κ1) is 18.4. The molecular weight excluding hydrogens is 354 g/mol. The molecule has 0 atom stereocenters. The van der Waals surface area contributed by atoms with Gasteiger partial charge in [0.05, 0.1) is 11.3 Å². The van der Waals surface area contributed by atoms with E-state index in [1.54, 1.807) is 16.0 Å². The zero-order valence-electron chi connectivity index (χ0n) is 16.2. The first-order valence-electron chi connectivity index (χ1n) is 9.87. The van der Waals surface area contributed by atoms with Crippen molar-refractivity contribution in [2.75, 3.05) is 42.5 Å². The van der Waals surface area contributed by atoms with Crippen molar-refractivity contribution in [3.05, 3.63) is 47.8 Å². The molecular formula is C21H25N5O2. The molecule has 0 saturated carbocycles. The number of amides is 2. The molecule has 7 nitrogen and oxygen atoms in total. The van der Waals surface area contributed by atoms with Crippen molar-refractivity contribution < 1.29 is 9.59 Å². The van der Waals surface area contributed by atoms with E-state index in [-0.39, 0.29) is 18.4 Å². The molecule has 2 aliphatic rings. The third kappa shape index (κ3) is 3.69. The molecule has 1 aromatic carbocycles. The minimum absolute atomic E-state index is 0.0705. The lowest BCUT2D eigenvalue weighted by Crippen LogP contribution is -2.52. The Hall–Kier alpha value is -2.96. The van der Waals surface area contributed by atoms with Crippen LogP contribution in [0.1, 0.15) is 35.3 Å². The van der Waals surface area contributed by atoms with Crippen molar-refractivity contribution >= 4 is 23.5 Å². The molecule has 0 bridgehead atoms. The Balaban J connectivity index is 1.45. The number of carbonyl (C=O) groups is 2. The fourth-order valence-corrected chi connectivity index (χ4v) is 3.81. The predicted molar refractivity (Wildman–Crippen MR) is 108 cm³/mol. The molecule has 2 aromatic rings. The molecule has 3 heterocycles. The molecule has 2 aliphatic heterocycles. The van der Waals surface area contributed by atoms with Crippen LogP contribution < -0.4 is 9.80 Å². The molecule has 0 aliphatic carbocycles. The maximum absolute atomic E-state index is 13.0. The van der Waals surface area contributed by atoms with Crippen molar-refractivity contribution in [3.63, 3.8) is 0 Å².